The number of nitrogens with zero attached hydrogens (tertiary/aromatic N) is 3. The van der Waals surface area contributed by atoms with Gasteiger partial charge < -0.3 is 10.2 Å². The number of carbonyl (C=O) groups is 1. The van der Waals surface area contributed by atoms with E-state index in [2.05, 4.69) is 20.2 Å². The molecule has 1 N–H and O–H groups in total. The van der Waals surface area contributed by atoms with Crippen LogP contribution in [0.25, 0.3) is 0 Å². The van der Waals surface area contributed by atoms with Gasteiger partial charge in [0, 0.05) is 19.2 Å². The maximum Gasteiger partial charge on any atom is 0.242 e. The summed E-state index contributed by atoms with van der Waals surface area (Å²) in [6, 6.07) is -0.164. The minimum atomic E-state index is -0.164. The predicted octanol–water partition coefficient (Wildman–Crippen LogP) is 1.85. The molecule has 1 unspecified atom stereocenters. The van der Waals surface area contributed by atoms with Crippen LogP contribution in [-0.2, 0) is 4.79 Å². The first kappa shape index (κ1) is 14.1. The fraction of sp³-hybridized carbons (Fsp3) is 0.615. The number of aromatic nitrogens is 2. The van der Waals surface area contributed by atoms with E-state index in [-0.39, 0.29) is 11.9 Å². The van der Waals surface area contributed by atoms with Gasteiger partial charge in [-0.05, 0) is 33.1 Å². The van der Waals surface area contributed by atoms with Crippen molar-refractivity contribution < 1.29 is 4.79 Å². The standard InChI is InChI=1S/C13H19ClN4O/c1-8-11(14)16-9(2)17-12(8)18-7-5-4-6-10(18)13(19)15-3/h10H,4-7H2,1-3H3,(H,15,19). The van der Waals surface area contributed by atoms with Crippen LogP contribution in [0.3, 0.4) is 0 Å². The molecule has 0 radical (unpaired) electrons. The molecule has 1 aliphatic heterocycles. The predicted molar refractivity (Wildman–Crippen MR) is 75.6 cm³/mol. The number of hydrogen-bond acceptors (Lipinski definition) is 4. The zero-order valence-corrected chi connectivity index (χ0v) is 12.3. The first-order valence-corrected chi connectivity index (χ1v) is 6.91. The van der Waals surface area contributed by atoms with Gasteiger partial charge in [0.05, 0.1) is 0 Å². The summed E-state index contributed by atoms with van der Waals surface area (Å²) in [6.45, 7) is 4.53. The monoisotopic (exact) mass is 282 g/mol. The molecule has 1 saturated heterocycles. The van der Waals surface area contributed by atoms with Gasteiger partial charge in [-0.1, -0.05) is 11.6 Å². The summed E-state index contributed by atoms with van der Waals surface area (Å²) < 4.78 is 0. The van der Waals surface area contributed by atoms with Gasteiger partial charge in [0.25, 0.3) is 0 Å². The number of likely N-dealkylation sites (N-methyl/N-ethyl adjacent to an activating group) is 1. The number of nitrogens with one attached hydrogen (secondary N) is 1. The van der Waals surface area contributed by atoms with Gasteiger partial charge >= 0.3 is 0 Å². The minimum absolute atomic E-state index is 0.0338. The van der Waals surface area contributed by atoms with Crippen LogP contribution in [0.5, 0.6) is 0 Å². The number of anilines is 1. The van der Waals surface area contributed by atoms with Crippen molar-refractivity contribution in [3.05, 3.63) is 16.5 Å². The van der Waals surface area contributed by atoms with E-state index in [1.165, 1.54) is 0 Å². The Kier molecular flexibility index (Phi) is 4.24. The largest absolute Gasteiger partial charge is 0.357 e. The molecule has 5 nitrogen and oxygen atoms in total. The minimum Gasteiger partial charge on any atom is -0.357 e. The van der Waals surface area contributed by atoms with Crippen molar-refractivity contribution in [2.75, 3.05) is 18.5 Å². The fourth-order valence-electron chi connectivity index (χ4n) is 2.48. The highest BCUT2D eigenvalue weighted by atomic mass is 35.5. The van der Waals surface area contributed by atoms with Gasteiger partial charge in [-0.2, -0.15) is 0 Å². The Morgan fingerprint density at radius 2 is 2.11 bits per heavy atom. The van der Waals surface area contributed by atoms with Crippen LogP contribution in [0.2, 0.25) is 5.15 Å². The molecule has 2 rings (SSSR count). The average molecular weight is 283 g/mol. The van der Waals surface area contributed by atoms with E-state index in [0.29, 0.717) is 11.0 Å². The van der Waals surface area contributed by atoms with Gasteiger partial charge in [-0.3, -0.25) is 4.79 Å². The highest BCUT2D eigenvalue weighted by molar-refractivity contribution is 6.30. The Morgan fingerprint density at radius 1 is 1.37 bits per heavy atom. The molecule has 104 valence electrons. The van der Waals surface area contributed by atoms with E-state index in [0.717, 1.165) is 37.2 Å². The molecule has 1 aliphatic rings. The Labute approximate surface area is 118 Å². The third-order valence-electron chi connectivity index (χ3n) is 3.50. The number of piperidine rings is 1. The van der Waals surface area contributed by atoms with E-state index < -0.39 is 0 Å². The van der Waals surface area contributed by atoms with Crippen molar-refractivity contribution in [1.29, 1.82) is 0 Å². The van der Waals surface area contributed by atoms with Gasteiger partial charge in [0.2, 0.25) is 5.91 Å². The molecule has 1 amide bonds. The molecule has 1 aromatic rings. The Hall–Kier alpha value is -1.36. The van der Waals surface area contributed by atoms with Crippen LogP contribution in [0.15, 0.2) is 0 Å². The molecule has 0 saturated carbocycles. The molecule has 1 atom stereocenters. The normalized spacial score (nSPS) is 19.4. The molecule has 19 heavy (non-hydrogen) atoms. The molecule has 6 heteroatoms. The summed E-state index contributed by atoms with van der Waals surface area (Å²) in [4.78, 5) is 22.7. The maximum absolute atomic E-state index is 12.0. The van der Waals surface area contributed by atoms with Crippen molar-refractivity contribution in [2.45, 2.75) is 39.2 Å². The highest BCUT2D eigenvalue weighted by Crippen LogP contribution is 2.29. The molecule has 0 aromatic carbocycles. The smallest absolute Gasteiger partial charge is 0.242 e. The van der Waals surface area contributed by atoms with Gasteiger partial charge in [0.1, 0.15) is 22.8 Å². The summed E-state index contributed by atoms with van der Waals surface area (Å²) in [5, 5.41) is 3.19. The Bertz CT molecular complexity index is 492. The second kappa shape index (κ2) is 5.74. The van der Waals surface area contributed by atoms with Crippen molar-refractivity contribution in [3.8, 4) is 0 Å². The zero-order valence-electron chi connectivity index (χ0n) is 11.5. The number of rotatable bonds is 2. The first-order valence-electron chi connectivity index (χ1n) is 6.53. The maximum atomic E-state index is 12.0. The van der Waals surface area contributed by atoms with Crippen LogP contribution < -0.4 is 10.2 Å². The second-order valence-electron chi connectivity index (χ2n) is 4.83. The van der Waals surface area contributed by atoms with E-state index >= 15 is 0 Å². The number of aryl methyl sites for hydroxylation is 1. The number of hydrogen-bond donors (Lipinski definition) is 1. The summed E-state index contributed by atoms with van der Waals surface area (Å²) in [5.41, 5.74) is 0.836. The molecular formula is C13H19ClN4O. The van der Waals surface area contributed by atoms with E-state index in [1.54, 1.807) is 7.05 Å². The quantitative estimate of drug-likeness (QED) is 0.841. The number of halogens is 1. The average Bonchev–Trinajstić information content (AvgIpc) is 2.42. The van der Waals surface area contributed by atoms with Crippen molar-refractivity contribution >= 4 is 23.3 Å². The SMILES string of the molecule is CNC(=O)C1CCCCN1c1nc(C)nc(Cl)c1C. The van der Waals surface area contributed by atoms with E-state index in [9.17, 15) is 4.79 Å². The van der Waals surface area contributed by atoms with Crippen molar-refractivity contribution in [1.82, 2.24) is 15.3 Å². The lowest BCUT2D eigenvalue weighted by atomic mass is 10.0. The zero-order chi connectivity index (χ0) is 14.0. The molecule has 0 spiro atoms. The van der Waals surface area contributed by atoms with Crippen LogP contribution in [-0.4, -0.2) is 35.5 Å². The Balaban J connectivity index is 2.40. The van der Waals surface area contributed by atoms with Crippen LogP contribution in [0.1, 0.15) is 30.7 Å². The van der Waals surface area contributed by atoms with Crippen LogP contribution in [0, 0.1) is 13.8 Å². The van der Waals surface area contributed by atoms with E-state index in [1.807, 2.05) is 13.8 Å². The molecule has 0 bridgehead atoms. The van der Waals surface area contributed by atoms with Crippen molar-refractivity contribution in [3.63, 3.8) is 0 Å². The van der Waals surface area contributed by atoms with E-state index in [4.69, 9.17) is 11.6 Å². The topological polar surface area (TPSA) is 58.1 Å². The number of carbonyl (C=O) groups excluding carboxylic acids is 1. The molecule has 2 heterocycles. The second-order valence-corrected chi connectivity index (χ2v) is 5.19. The third kappa shape index (κ3) is 2.81. The summed E-state index contributed by atoms with van der Waals surface area (Å²) in [7, 11) is 1.67. The van der Waals surface area contributed by atoms with Crippen LogP contribution >= 0.6 is 11.6 Å². The molecule has 0 aliphatic carbocycles. The van der Waals surface area contributed by atoms with Crippen molar-refractivity contribution in [2.24, 2.45) is 0 Å². The first-order chi connectivity index (χ1) is 9.04. The van der Waals surface area contributed by atoms with Gasteiger partial charge in [-0.25, -0.2) is 9.97 Å². The number of amides is 1. The lowest BCUT2D eigenvalue weighted by Crippen LogP contribution is -2.49. The Morgan fingerprint density at radius 3 is 2.79 bits per heavy atom. The van der Waals surface area contributed by atoms with Crippen LogP contribution in [0.4, 0.5) is 5.82 Å². The summed E-state index contributed by atoms with van der Waals surface area (Å²) in [6.07, 6.45) is 2.97. The lowest BCUT2D eigenvalue weighted by molar-refractivity contribution is -0.122. The lowest BCUT2D eigenvalue weighted by Gasteiger charge is -2.36. The fourth-order valence-corrected chi connectivity index (χ4v) is 2.69. The molecular weight excluding hydrogens is 264 g/mol. The highest BCUT2D eigenvalue weighted by Gasteiger charge is 2.30. The van der Waals surface area contributed by atoms with Gasteiger partial charge in [0.15, 0.2) is 0 Å². The summed E-state index contributed by atoms with van der Waals surface area (Å²) in [5.74, 6) is 1.45. The molecule has 1 aromatic heterocycles. The van der Waals surface area contributed by atoms with Gasteiger partial charge in [-0.15, -0.1) is 0 Å². The third-order valence-corrected chi connectivity index (χ3v) is 3.86. The summed E-state index contributed by atoms with van der Waals surface area (Å²) >= 11 is 6.12. The molecule has 1 fully saturated rings.